The zero-order valence-corrected chi connectivity index (χ0v) is 89.7. The molecule has 16 rings (SSSR count). The SMILES string of the molecule is C.C=S(=O)(c1ccccc1C(C)(C)C)N1CCOCC1.CC(=O)Nc1cccnc1C(C)(C)C.CC(C)(C)c1cccc2[nH]c(=O)cnc12.CC(C)(C)c1cccc2c1CNCC2.CC(C)(C)c1cccc2c1OCC(=O)N2.CN(C)c1ncccc1C(C)(C)C.CN1CCCc2c1cccc2C(C)(C)C.CN1CCc2cccc(C(C)(C)C)c2C1.Cc1cn(C)c2cccc(C(C)(C)C)c12. The van der Waals surface area contributed by atoms with Gasteiger partial charge in [-0.1, -0.05) is 304 Å². The van der Waals surface area contributed by atoms with E-state index in [1.54, 1.807) is 22.9 Å². The number of aryl methyl sites for hydroxylation is 2. The average Bonchev–Trinajstić information content (AvgIpc) is 1.67. The number of para-hydroxylation sites is 2. The summed E-state index contributed by atoms with van der Waals surface area (Å²) < 4.78 is 28.2. The number of rotatable bonds is 4. The number of aromatic amines is 1. The van der Waals surface area contributed by atoms with Gasteiger partial charge >= 0.3 is 0 Å². The maximum Gasteiger partial charge on any atom is 0.266 e. The van der Waals surface area contributed by atoms with Gasteiger partial charge in [-0.15, -0.1) is 0 Å². The molecule has 1 unspecified atom stereocenters. The number of hydrogen-bond donors (Lipinski definition) is 4. The molecule has 1 atom stereocenters. The van der Waals surface area contributed by atoms with Crippen LogP contribution in [0.4, 0.5) is 22.9 Å². The summed E-state index contributed by atoms with van der Waals surface area (Å²) in [4.78, 5) is 56.6. The molecule has 740 valence electrons. The first kappa shape index (κ1) is 113. The van der Waals surface area contributed by atoms with Crippen LogP contribution in [0.5, 0.6) is 5.75 Å². The van der Waals surface area contributed by atoms with E-state index in [1.165, 1.54) is 113 Å². The van der Waals surface area contributed by atoms with E-state index in [0.717, 1.165) is 80.9 Å². The summed E-state index contributed by atoms with van der Waals surface area (Å²) in [7, 11) is 8.15. The molecule has 1 fully saturated rings. The molecule has 0 saturated carbocycles. The van der Waals surface area contributed by atoms with Gasteiger partial charge in [0.1, 0.15) is 11.6 Å². The lowest BCUT2D eigenvalue weighted by Gasteiger charge is -2.32. The number of fused-ring (bicyclic) bond motifs is 6. The molecule has 5 aliphatic rings. The second kappa shape index (κ2) is 46.9. The predicted molar refractivity (Wildman–Crippen MR) is 581 cm³/mol. The van der Waals surface area contributed by atoms with Gasteiger partial charge in [-0.3, -0.25) is 19.4 Å². The van der Waals surface area contributed by atoms with Gasteiger partial charge in [0.25, 0.3) is 11.5 Å². The Bertz CT molecular complexity index is 5970. The van der Waals surface area contributed by atoms with Crippen molar-refractivity contribution < 1.29 is 23.3 Å². The molecule has 0 radical (unpaired) electrons. The Balaban J connectivity index is 0.000000209. The van der Waals surface area contributed by atoms with E-state index in [2.05, 4.69) is 367 Å². The monoisotopic (exact) mass is 1870 g/mol. The number of hydrogen-bond acceptors (Lipinski definition) is 13. The van der Waals surface area contributed by atoms with E-state index in [0.29, 0.717) is 26.3 Å². The van der Waals surface area contributed by atoms with Crippen LogP contribution in [-0.2, 0) is 112 Å². The Hall–Kier alpha value is -10.3. The van der Waals surface area contributed by atoms with Crippen molar-refractivity contribution >= 4 is 72.2 Å². The van der Waals surface area contributed by atoms with Crippen LogP contribution in [0, 0.1) is 6.92 Å². The van der Waals surface area contributed by atoms with Crippen LogP contribution in [-0.4, -0.2) is 136 Å². The lowest BCUT2D eigenvalue weighted by atomic mass is 9.80. The topological polar surface area (TPSA) is 195 Å². The van der Waals surface area contributed by atoms with Crippen molar-refractivity contribution in [2.75, 3.05) is 101 Å². The number of anilines is 4. The number of pyridine rings is 2. The van der Waals surface area contributed by atoms with E-state index >= 15 is 0 Å². The molecule has 9 heterocycles. The van der Waals surface area contributed by atoms with Crippen LogP contribution in [0.3, 0.4) is 0 Å². The second-order valence-electron chi connectivity index (χ2n) is 46.0. The third-order valence-electron chi connectivity index (χ3n) is 24.7. The number of benzene rings is 7. The van der Waals surface area contributed by atoms with Gasteiger partial charge in [-0.25, -0.2) is 18.5 Å². The standard InChI is InChI=1S/C15H23NO2S.C14H19N.2C14H21N.C13H19N.C12H14N2O.C12H15NO2.C11H16N2O.C11H18N2.CH4/c1-15(2,3)13-7-5-6-8-14(13)19(4,17)16-9-11-18-12-10-16;1-10-9-15(5)12-8-6-7-11(13(10)12)14(2,3)4;1-14(2,3)12-8-5-9-13-11(12)7-6-10-15(13)4;1-14(2,3)13-7-5-6-11-8-9-15(4)10-12(11)13;1-13(2,3)12-6-4-5-10-7-8-14-9-11(10)12;1-12(2,3)8-5-4-6-9-11(8)13-7-10(15)14-9;1-12(2,3)8-5-4-6-9-11(8)15-7-10(14)13-9;1-8(14)13-9-6-5-7-12-10(9)11(2,3)4;1-11(2,3)9-7-6-8-12-10(9)13(4)5;/h5-8H,4,9-12H2,1-3H3;6-9H,1-5H3;5,8-9H,6-7,10H2,1-4H3;5-7H,8-10H2,1-4H3;4-6,14H,7-9H2,1-3H3;4-7H,1-3H3,(H,14,15);4-6H,7H2,1-3H3,(H,13,14);5-7H,1-4H3,(H,13,14);6-8H,1-5H3;1H4. The highest BCUT2D eigenvalue weighted by atomic mass is 32.2. The maximum atomic E-state index is 13.2. The molecule has 19 heteroatoms. The van der Waals surface area contributed by atoms with Gasteiger partial charge in [0.15, 0.2) is 6.61 Å². The summed E-state index contributed by atoms with van der Waals surface area (Å²) >= 11 is 0. The third kappa shape index (κ3) is 31.1. The van der Waals surface area contributed by atoms with Gasteiger partial charge in [0.05, 0.1) is 57.2 Å². The minimum Gasteiger partial charge on any atom is -0.481 e. The number of nitrogens with one attached hydrogen (secondary N) is 4. The molecule has 4 N–H and O–H groups in total. The van der Waals surface area contributed by atoms with Crippen LogP contribution in [0.2, 0.25) is 0 Å². The van der Waals surface area contributed by atoms with Crippen molar-refractivity contribution in [1.29, 1.82) is 0 Å². The van der Waals surface area contributed by atoms with Gasteiger partial charge in [0.2, 0.25) is 5.91 Å². The zero-order chi connectivity index (χ0) is 101. The summed E-state index contributed by atoms with van der Waals surface area (Å²) in [5, 5.41) is 10.5. The first-order valence-corrected chi connectivity index (χ1v) is 50.0. The van der Waals surface area contributed by atoms with Crippen molar-refractivity contribution in [3.8, 4) is 5.75 Å². The van der Waals surface area contributed by atoms with Crippen LogP contribution in [0.15, 0.2) is 192 Å². The number of nitrogens with zero attached hydrogens (tertiary/aromatic N) is 8. The largest absolute Gasteiger partial charge is 0.481 e. The van der Waals surface area contributed by atoms with Gasteiger partial charge < -0.3 is 49.7 Å². The number of carbonyl (C=O) groups excluding carboxylic acids is 2. The Kier molecular flexibility index (Phi) is 38.9. The third-order valence-corrected chi connectivity index (χ3v) is 26.9. The molecule has 1 saturated heterocycles. The number of carbonyl (C=O) groups is 2. The summed E-state index contributed by atoms with van der Waals surface area (Å²) in [5.41, 5.74) is 27.7. The van der Waals surface area contributed by atoms with E-state index in [4.69, 9.17) is 9.47 Å². The Morgan fingerprint density at radius 2 is 1.01 bits per heavy atom. The van der Waals surface area contributed by atoms with Gasteiger partial charge in [-0.05, 0) is 211 Å². The Morgan fingerprint density at radius 3 is 1.59 bits per heavy atom. The fraction of sp³-hybridized carbons (Fsp3) is 0.496. The van der Waals surface area contributed by atoms with E-state index in [1.807, 2.05) is 97.4 Å². The molecule has 11 aromatic rings. The number of ether oxygens (including phenoxy) is 2. The molecule has 0 aliphatic carbocycles. The molecular formula is C117H170N12O6S. The van der Waals surface area contributed by atoms with E-state index in [-0.39, 0.29) is 80.1 Å². The lowest BCUT2D eigenvalue weighted by molar-refractivity contribution is -0.118. The lowest BCUT2D eigenvalue weighted by Crippen LogP contribution is -2.41. The number of morpholine rings is 1. The first-order chi connectivity index (χ1) is 62.6. The highest BCUT2D eigenvalue weighted by Crippen LogP contribution is 2.42. The number of amides is 2. The minimum atomic E-state index is -2.42. The highest BCUT2D eigenvalue weighted by molar-refractivity contribution is 7.98. The molecular weight excluding hydrogens is 1700 g/mol. The quantitative estimate of drug-likeness (QED) is 0.122. The van der Waals surface area contributed by atoms with Crippen molar-refractivity contribution in [2.24, 2.45) is 7.05 Å². The van der Waals surface area contributed by atoms with E-state index < -0.39 is 9.71 Å². The molecule has 4 aromatic heterocycles. The fourth-order valence-corrected chi connectivity index (χ4v) is 19.8. The van der Waals surface area contributed by atoms with Gasteiger partial charge in [0, 0.05) is 131 Å². The summed E-state index contributed by atoms with van der Waals surface area (Å²) in [6.07, 6.45) is 12.0. The maximum absolute atomic E-state index is 13.2. The summed E-state index contributed by atoms with van der Waals surface area (Å²) in [5.74, 6) is 5.76. The van der Waals surface area contributed by atoms with Crippen LogP contribution >= 0.6 is 0 Å². The number of aromatic nitrogens is 5. The summed E-state index contributed by atoms with van der Waals surface area (Å²) in [6.45, 7) is 71.6. The van der Waals surface area contributed by atoms with Crippen molar-refractivity contribution in [3.63, 3.8) is 0 Å². The van der Waals surface area contributed by atoms with E-state index in [9.17, 15) is 18.6 Å². The minimum absolute atomic E-state index is 0. The van der Waals surface area contributed by atoms with Crippen molar-refractivity contribution in [3.05, 3.63) is 276 Å². The molecule has 0 bridgehead atoms. The predicted octanol–water partition coefficient (Wildman–Crippen LogP) is 25.0. The molecule has 18 nitrogen and oxygen atoms in total. The van der Waals surface area contributed by atoms with Crippen LogP contribution < -0.4 is 36.0 Å². The molecule has 7 aromatic carbocycles. The number of likely N-dealkylation sites (N-methyl/N-ethyl adjacent to an activating group) is 1. The Morgan fingerprint density at radius 1 is 0.515 bits per heavy atom. The van der Waals surface area contributed by atoms with Gasteiger partial charge in [-0.2, -0.15) is 0 Å². The Labute approximate surface area is 820 Å². The molecule has 2 amide bonds. The highest BCUT2D eigenvalue weighted by Gasteiger charge is 2.32. The smallest absolute Gasteiger partial charge is 0.266 e. The van der Waals surface area contributed by atoms with Crippen molar-refractivity contribution in [1.82, 2.24) is 39.0 Å². The molecule has 5 aliphatic heterocycles. The molecule has 136 heavy (non-hydrogen) atoms. The summed E-state index contributed by atoms with van der Waals surface area (Å²) in [6, 6.07) is 54.3. The van der Waals surface area contributed by atoms with Crippen LogP contribution in [0.25, 0.3) is 21.9 Å². The second-order valence-corrected chi connectivity index (χ2v) is 48.2. The van der Waals surface area contributed by atoms with Crippen LogP contribution in [0.1, 0.15) is 291 Å². The first-order valence-electron chi connectivity index (χ1n) is 48.3. The average molecular weight is 1870 g/mol. The van der Waals surface area contributed by atoms with Crippen molar-refractivity contribution in [2.45, 2.75) is 301 Å². The fourth-order valence-electron chi connectivity index (χ4n) is 17.8. The number of H-pyrrole nitrogens is 1. The molecule has 0 spiro atoms. The zero-order valence-electron chi connectivity index (χ0n) is 88.9. The normalized spacial score (nSPS) is 15.0.